The predicted molar refractivity (Wildman–Crippen MR) is 74.2 cm³/mol. The number of hydrogen-bond acceptors (Lipinski definition) is 2. The van der Waals surface area contributed by atoms with Gasteiger partial charge in [0.05, 0.1) is 0 Å². The Morgan fingerprint density at radius 2 is 1.94 bits per heavy atom. The monoisotopic (exact) mass is 255 g/mol. The van der Waals surface area contributed by atoms with Crippen molar-refractivity contribution in [2.24, 2.45) is 5.92 Å². The Labute approximate surface area is 108 Å². The van der Waals surface area contributed by atoms with Gasteiger partial charge in [0, 0.05) is 16.7 Å². The molecule has 1 aromatic rings. The molecule has 96 valence electrons. The van der Waals surface area contributed by atoms with Gasteiger partial charge in [0.2, 0.25) is 0 Å². The summed E-state index contributed by atoms with van der Waals surface area (Å²) in [6.45, 7) is 8.28. The quantitative estimate of drug-likeness (QED) is 0.793. The zero-order chi connectivity index (χ0) is 13.0. The summed E-state index contributed by atoms with van der Waals surface area (Å²) in [6, 6.07) is 3.81. The smallest absolute Gasteiger partial charge is 0.126 e. The molecule has 0 aliphatic heterocycles. The maximum atomic E-state index is 13.6. The van der Waals surface area contributed by atoms with E-state index >= 15 is 0 Å². The van der Waals surface area contributed by atoms with Crippen molar-refractivity contribution in [1.82, 2.24) is 5.32 Å². The van der Waals surface area contributed by atoms with Crippen molar-refractivity contribution in [1.29, 1.82) is 0 Å². The van der Waals surface area contributed by atoms with Gasteiger partial charge in [-0.15, -0.1) is 11.8 Å². The second-order valence-electron chi connectivity index (χ2n) is 4.85. The van der Waals surface area contributed by atoms with Gasteiger partial charge in [0.1, 0.15) is 5.82 Å². The van der Waals surface area contributed by atoms with Crippen LogP contribution in [0.1, 0.15) is 37.9 Å². The summed E-state index contributed by atoms with van der Waals surface area (Å²) in [6.07, 6.45) is 0. The maximum Gasteiger partial charge on any atom is 0.126 e. The van der Waals surface area contributed by atoms with Crippen LogP contribution in [0, 0.1) is 18.7 Å². The third-order valence-electron chi connectivity index (χ3n) is 2.76. The number of rotatable bonds is 5. The van der Waals surface area contributed by atoms with Gasteiger partial charge in [0.25, 0.3) is 0 Å². The van der Waals surface area contributed by atoms with Crippen molar-refractivity contribution in [3.63, 3.8) is 0 Å². The Bertz CT molecular complexity index is 377. The lowest BCUT2D eigenvalue weighted by molar-refractivity contribution is 0.594. The molecule has 0 aliphatic carbocycles. The van der Waals surface area contributed by atoms with Crippen LogP contribution in [0.4, 0.5) is 4.39 Å². The van der Waals surface area contributed by atoms with Crippen molar-refractivity contribution in [3.8, 4) is 0 Å². The summed E-state index contributed by atoms with van der Waals surface area (Å²) in [5, 5.41) is 3.18. The van der Waals surface area contributed by atoms with E-state index in [1.807, 2.05) is 31.8 Å². The fourth-order valence-corrected chi connectivity index (χ4v) is 2.72. The summed E-state index contributed by atoms with van der Waals surface area (Å²) in [7, 11) is 1.90. The summed E-state index contributed by atoms with van der Waals surface area (Å²) in [5.74, 6) is 1.59. The third kappa shape index (κ3) is 4.00. The highest BCUT2D eigenvalue weighted by molar-refractivity contribution is 7.99. The largest absolute Gasteiger partial charge is 0.313 e. The first-order chi connectivity index (χ1) is 7.95. The number of halogens is 1. The number of nitrogens with one attached hydrogen (secondary N) is 1. The lowest BCUT2D eigenvalue weighted by Crippen LogP contribution is -2.14. The van der Waals surface area contributed by atoms with Gasteiger partial charge in [-0.1, -0.05) is 13.8 Å². The summed E-state index contributed by atoms with van der Waals surface area (Å²) in [4.78, 5) is 1.19. The van der Waals surface area contributed by atoms with Crippen molar-refractivity contribution in [2.45, 2.75) is 38.6 Å². The standard InChI is InChI=1S/C14H22FNS/c1-9(2)8-17-14-6-10(3)13(15)7-12(14)11(4)16-5/h6-7,9,11,16H,8H2,1-5H3. The second kappa shape index (κ2) is 6.41. The normalized spacial score (nSPS) is 13.1. The van der Waals surface area contributed by atoms with Gasteiger partial charge in [-0.05, 0) is 50.1 Å². The van der Waals surface area contributed by atoms with E-state index in [2.05, 4.69) is 26.1 Å². The van der Waals surface area contributed by atoms with E-state index in [0.29, 0.717) is 5.92 Å². The van der Waals surface area contributed by atoms with Crippen LogP contribution in [0.5, 0.6) is 0 Å². The van der Waals surface area contributed by atoms with Crippen LogP contribution in [0.25, 0.3) is 0 Å². The molecule has 1 rings (SSSR count). The SMILES string of the molecule is CNC(C)c1cc(F)c(C)cc1SCC(C)C. The van der Waals surface area contributed by atoms with Gasteiger partial charge in [-0.3, -0.25) is 0 Å². The van der Waals surface area contributed by atoms with E-state index in [1.54, 1.807) is 6.07 Å². The molecule has 0 heterocycles. The van der Waals surface area contributed by atoms with Crippen LogP contribution >= 0.6 is 11.8 Å². The minimum absolute atomic E-state index is 0.115. The fourth-order valence-electron chi connectivity index (χ4n) is 1.55. The lowest BCUT2D eigenvalue weighted by Gasteiger charge is -2.17. The van der Waals surface area contributed by atoms with Crippen molar-refractivity contribution in [3.05, 3.63) is 29.1 Å². The van der Waals surface area contributed by atoms with Crippen molar-refractivity contribution >= 4 is 11.8 Å². The molecule has 1 nitrogen and oxygen atoms in total. The number of thioether (sulfide) groups is 1. The molecule has 0 spiro atoms. The first kappa shape index (κ1) is 14.5. The van der Waals surface area contributed by atoms with Gasteiger partial charge in [0.15, 0.2) is 0 Å². The maximum absolute atomic E-state index is 13.6. The first-order valence-electron chi connectivity index (χ1n) is 6.05. The molecular formula is C14H22FNS. The molecular weight excluding hydrogens is 233 g/mol. The average molecular weight is 255 g/mol. The summed E-state index contributed by atoms with van der Waals surface area (Å²) < 4.78 is 13.6. The molecule has 0 amide bonds. The van der Waals surface area contributed by atoms with Crippen molar-refractivity contribution in [2.75, 3.05) is 12.8 Å². The fraction of sp³-hybridized carbons (Fsp3) is 0.571. The number of benzene rings is 1. The van der Waals surface area contributed by atoms with E-state index in [1.165, 1.54) is 4.90 Å². The molecule has 1 unspecified atom stereocenters. The van der Waals surface area contributed by atoms with Gasteiger partial charge < -0.3 is 5.32 Å². The highest BCUT2D eigenvalue weighted by Crippen LogP contribution is 2.31. The highest BCUT2D eigenvalue weighted by atomic mass is 32.2. The topological polar surface area (TPSA) is 12.0 Å². The Balaban J connectivity index is 3.03. The molecule has 1 atom stereocenters. The van der Waals surface area contributed by atoms with E-state index < -0.39 is 0 Å². The minimum Gasteiger partial charge on any atom is -0.313 e. The predicted octanol–water partition coefficient (Wildman–Crippen LogP) is 4.16. The van der Waals surface area contributed by atoms with E-state index in [4.69, 9.17) is 0 Å². The van der Waals surface area contributed by atoms with Crippen LogP contribution in [0.15, 0.2) is 17.0 Å². The molecule has 0 aromatic heterocycles. The molecule has 0 saturated heterocycles. The van der Waals surface area contributed by atoms with E-state index in [9.17, 15) is 4.39 Å². The second-order valence-corrected chi connectivity index (χ2v) is 5.92. The van der Waals surface area contributed by atoms with E-state index in [0.717, 1.165) is 16.9 Å². The Morgan fingerprint density at radius 3 is 2.47 bits per heavy atom. The summed E-state index contributed by atoms with van der Waals surface area (Å²) >= 11 is 1.82. The third-order valence-corrected chi connectivity index (χ3v) is 4.26. The van der Waals surface area contributed by atoms with Gasteiger partial charge >= 0.3 is 0 Å². The van der Waals surface area contributed by atoms with Crippen LogP contribution < -0.4 is 5.32 Å². The van der Waals surface area contributed by atoms with Gasteiger partial charge in [-0.2, -0.15) is 0 Å². The first-order valence-corrected chi connectivity index (χ1v) is 7.04. The number of aryl methyl sites for hydroxylation is 1. The average Bonchev–Trinajstić information content (AvgIpc) is 2.29. The highest BCUT2D eigenvalue weighted by Gasteiger charge is 2.13. The molecule has 0 bridgehead atoms. The molecule has 0 fully saturated rings. The van der Waals surface area contributed by atoms with Crippen LogP contribution in [-0.2, 0) is 0 Å². The molecule has 3 heteroatoms. The van der Waals surface area contributed by atoms with E-state index in [-0.39, 0.29) is 11.9 Å². The Morgan fingerprint density at radius 1 is 1.29 bits per heavy atom. The van der Waals surface area contributed by atoms with Crippen molar-refractivity contribution < 1.29 is 4.39 Å². The Kier molecular flexibility index (Phi) is 5.47. The zero-order valence-corrected chi connectivity index (χ0v) is 12.1. The van der Waals surface area contributed by atoms with Crippen LogP contribution in [0.2, 0.25) is 0 Å². The minimum atomic E-state index is -0.115. The molecule has 0 aliphatic rings. The Hall–Kier alpha value is -0.540. The van der Waals surface area contributed by atoms with Crippen LogP contribution in [-0.4, -0.2) is 12.8 Å². The number of hydrogen-bond donors (Lipinski definition) is 1. The lowest BCUT2D eigenvalue weighted by atomic mass is 10.1. The molecule has 1 aromatic carbocycles. The molecule has 17 heavy (non-hydrogen) atoms. The zero-order valence-electron chi connectivity index (χ0n) is 11.3. The molecule has 0 saturated carbocycles. The molecule has 1 N–H and O–H groups in total. The molecule has 0 radical (unpaired) electrons. The van der Waals surface area contributed by atoms with Gasteiger partial charge in [-0.25, -0.2) is 4.39 Å². The van der Waals surface area contributed by atoms with Crippen LogP contribution in [0.3, 0.4) is 0 Å². The summed E-state index contributed by atoms with van der Waals surface area (Å²) in [5.41, 5.74) is 1.78.